The second-order valence-electron chi connectivity index (χ2n) is 7.92. The van der Waals surface area contributed by atoms with E-state index in [1.165, 1.54) is 44.9 Å². The summed E-state index contributed by atoms with van der Waals surface area (Å²) < 4.78 is 0. The predicted molar refractivity (Wildman–Crippen MR) is 82.0 cm³/mol. The van der Waals surface area contributed by atoms with Crippen molar-refractivity contribution in [2.45, 2.75) is 85.2 Å². The van der Waals surface area contributed by atoms with Gasteiger partial charge in [-0.1, -0.05) is 46.5 Å². The van der Waals surface area contributed by atoms with Crippen molar-refractivity contribution in [3.63, 3.8) is 0 Å². The smallest absolute Gasteiger partial charge is 0.0512 e. The lowest BCUT2D eigenvalue weighted by Crippen LogP contribution is -2.38. The molecule has 0 amide bonds. The maximum atomic E-state index is 9.40. The van der Waals surface area contributed by atoms with Gasteiger partial charge in [-0.3, -0.25) is 0 Å². The minimum Gasteiger partial charge on any atom is -0.393 e. The van der Waals surface area contributed by atoms with Crippen molar-refractivity contribution in [2.24, 2.45) is 29.1 Å². The molecule has 0 aromatic heterocycles. The van der Waals surface area contributed by atoms with E-state index in [1.54, 1.807) is 0 Å². The summed E-state index contributed by atoms with van der Waals surface area (Å²) in [7, 11) is 0. The molecule has 1 N–H and O–H groups in total. The Morgan fingerprint density at radius 2 is 1.89 bits per heavy atom. The molecule has 0 aromatic rings. The molecule has 6 unspecified atom stereocenters. The molecule has 2 fully saturated rings. The van der Waals surface area contributed by atoms with Crippen LogP contribution < -0.4 is 0 Å². The average Bonchev–Trinajstić information content (AvgIpc) is 2.67. The Labute approximate surface area is 120 Å². The second kappa shape index (κ2) is 6.16. The highest BCUT2D eigenvalue weighted by Crippen LogP contribution is 2.59. The molecule has 0 bridgehead atoms. The first-order chi connectivity index (χ1) is 8.95. The first kappa shape index (κ1) is 15.4. The van der Waals surface area contributed by atoms with Crippen LogP contribution in [-0.2, 0) is 0 Å². The fourth-order valence-corrected chi connectivity index (χ4v) is 5.48. The Bertz CT molecular complexity index is 285. The monoisotopic (exact) mass is 266 g/mol. The maximum absolute atomic E-state index is 9.40. The summed E-state index contributed by atoms with van der Waals surface area (Å²) in [5.41, 5.74) is 0.627. The molecule has 1 nitrogen and oxygen atoms in total. The summed E-state index contributed by atoms with van der Waals surface area (Å²) in [6.45, 7) is 9.47. The van der Waals surface area contributed by atoms with Gasteiger partial charge in [0.2, 0.25) is 0 Å². The molecule has 2 rings (SSSR count). The van der Waals surface area contributed by atoms with E-state index in [4.69, 9.17) is 0 Å². The van der Waals surface area contributed by atoms with E-state index in [0.717, 1.165) is 30.1 Å². The molecule has 19 heavy (non-hydrogen) atoms. The molecule has 2 saturated carbocycles. The average molecular weight is 266 g/mol. The topological polar surface area (TPSA) is 20.2 Å². The van der Waals surface area contributed by atoms with Crippen LogP contribution in [0.3, 0.4) is 0 Å². The lowest BCUT2D eigenvalue weighted by Gasteiger charge is -2.46. The van der Waals surface area contributed by atoms with Gasteiger partial charge < -0.3 is 5.11 Å². The SMILES string of the molecule is CC(O)CCCC(C)C1CCC2C(C)CCCC12C. The lowest BCUT2D eigenvalue weighted by atomic mass is 9.59. The molecule has 0 saturated heterocycles. The Morgan fingerprint density at radius 3 is 2.58 bits per heavy atom. The van der Waals surface area contributed by atoms with E-state index in [1.807, 2.05) is 6.92 Å². The van der Waals surface area contributed by atoms with Crippen molar-refractivity contribution in [1.82, 2.24) is 0 Å². The molecule has 2 aliphatic carbocycles. The van der Waals surface area contributed by atoms with Gasteiger partial charge in [0.25, 0.3) is 0 Å². The highest BCUT2D eigenvalue weighted by molar-refractivity contribution is 5.00. The van der Waals surface area contributed by atoms with E-state index < -0.39 is 0 Å². The molecule has 6 atom stereocenters. The molecule has 0 aromatic carbocycles. The Hall–Kier alpha value is -0.0400. The van der Waals surface area contributed by atoms with Crippen molar-refractivity contribution < 1.29 is 5.11 Å². The molecule has 0 spiro atoms. The van der Waals surface area contributed by atoms with Gasteiger partial charge in [-0.25, -0.2) is 0 Å². The standard InChI is InChI=1S/C18H34O/c1-13(7-5-9-15(3)19)16-10-11-17-14(2)8-6-12-18(16,17)4/h13-17,19H,5-12H2,1-4H3. The van der Waals surface area contributed by atoms with Crippen molar-refractivity contribution in [1.29, 1.82) is 0 Å². The molecule has 0 aliphatic heterocycles. The van der Waals surface area contributed by atoms with Gasteiger partial charge in [0.15, 0.2) is 0 Å². The van der Waals surface area contributed by atoms with Crippen LogP contribution in [0.15, 0.2) is 0 Å². The van der Waals surface area contributed by atoms with Gasteiger partial charge in [0.05, 0.1) is 6.10 Å². The number of hydrogen-bond acceptors (Lipinski definition) is 1. The van der Waals surface area contributed by atoms with E-state index >= 15 is 0 Å². The third-order valence-electron chi connectivity index (χ3n) is 6.51. The van der Waals surface area contributed by atoms with Gasteiger partial charge in [-0.2, -0.15) is 0 Å². The van der Waals surface area contributed by atoms with Gasteiger partial charge in [0, 0.05) is 0 Å². The van der Waals surface area contributed by atoms with Crippen molar-refractivity contribution in [3.05, 3.63) is 0 Å². The van der Waals surface area contributed by atoms with Crippen LogP contribution in [0.4, 0.5) is 0 Å². The van der Waals surface area contributed by atoms with Crippen molar-refractivity contribution in [2.75, 3.05) is 0 Å². The Balaban J connectivity index is 1.93. The van der Waals surface area contributed by atoms with Crippen molar-refractivity contribution >= 4 is 0 Å². The van der Waals surface area contributed by atoms with E-state index in [0.29, 0.717) is 5.41 Å². The van der Waals surface area contributed by atoms with Crippen LogP contribution in [0.1, 0.15) is 79.1 Å². The third kappa shape index (κ3) is 3.17. The fraction of sp³-hybridized carbons (Fsp3) is 1.00. The largest absolute Gasteiger partial charge is 0.393 e. The van der Waals surface area contributed by atoms with E-state index in [-0.39, 0.29) is 6.10 Å². The number of hydrogen-bond donors (Lipinski definition) is 1. The van der Waals surface area contributed by atoms with Crippen LogP contribution in [0.2, 0.25) is 0 Å². The van der Waals surface area contributed by atoms with Crippen LogP contribution in [0.25, 0.3) is 0 Å². The number of aliphatic hydroxyl groups is 1. The van der Waals surface area contributed by atoms with E-state index in [9.17, 15) is 5.11 Å². The van der Waals surface area contributed by atoms with Gasteiger partial charge in [-0.05, 0) is 61.7 Å². The van der Waals surface area contributed by atoms with Crippen LogP contribution in [0, 0.1) is 29.1 Å². The van der Waals surface area contributed by atoms with Gasteiger partial charge in [-0.15, -0.1) is 0 Å². The number of rotatable bonds is 5. The molecule has 0 radical (unpaired) electrons. The van der Waals surface area contributed by atoms with Crippen LogP contribution >= 0.6 is 0 Å². The summed E-state index contributed by atoms with van der Waals surface area (Å²) in [6, 6.07) is 0. The molecule has 112 valence electrons. The summed E-state index contributed by atoms with van der Waals surface area (Å²) in [5.74, 6) is 3.73. The van der Waals surface area contributed by atoms with Gasteiger partial charge >= 0.3 is 0 Å². The summed E-state index contributed by atoms with van der Waals surface area (Å²) >= 11 is 0. The molecule has 2 aliphatic rings. The Morgan fingerprint density at radius 1 is 1.16 bits per heavy atom. The summed E-state index contributed by atoms with van der Waals surface area (Å²) in [6.07, 6.45) is 10.7. The first-order valence-corrected chi connectivity index (χ1v) is 8.63. The predicted octanol–water partition coefficient (Wildman–Crippen LogP) is 5.03. The quantitative estimate of drug-likeness (QED) is 0.740. The van der Waals surface area contributed by atoms with Crippen LogP contribution in [0.5, 0.6) is 0 Å². The molecular formula is C18H34O. The number of fused-ring (bicyclic) bond motifs is 1. The fourth-order valence-electron chi connectivity index (χ4n) is 5.48. The summed E-state index contributed by atoms with van der Waals surface area (Å²) in [5, 5.41) is 9.40. The van der Waals surface area contributed by atoms with E-state index in [2.05, 4.69) is 20.8 Å². The number of aliphatic hydroxyl groups excluding tert-OH is 1. The zero-order valence-electron chi connectivity index (χ0n) is 13.5. The maximum Gasteiger partial charge on any atom is 0.0512 e. The normalized spacial score (nSPS) is 41.8. The lowest BCUT2D eigenvalue weighted by molar-refractivity contribution is 0.0340. The summed E-state index contributed by atoms with van der Waals surface area (Å²) in [4.78, 5) is 0. The molecule has 0 heterocycles. The van der Waals surface area contributed by atoms with Gasteiger partial charge in [0.1, 0.15) is 0 Å². The Kier molecular flexibility index (Phi) is 4.98. The molecule has 1 heteroatoms. The second-order valence-corrected chi connectivity index (χ2v) is 7.92. The molecular weight excluding hydrogens is 232 g/mol. The first-order valence-electron chi connectivity index (χ1n) is 8.63. The minimum atomic E-state index is -0.117. The highest BCUT2D eigenvalue weighted by atomic mass is 16.3. The highest BCUT2D eigenvalue weighted by Gasteiger charge is 2.50. The van der Waals surface area contributed by atoms with Crippen molar-refractivity contribution in [3.8, 4) is 0 Å². The minimum absolute atomic E-state index is 0.117. The van der Waals surface area contributed by atoms with Crippen LogP contribution in [-0.4, -0.2) is 11.2 Å². The zero-order valence-corrected chi connectivity index (χ0v) is 13.5. The third-order valence-corrected chi connectivity index (χ3v) is 6.51. The zero-order chi connectivity index (χ0) is 14.0.